The summed E-state index contributed by atoms with van der Waals surface area (Å²) in [7, 11) is 1.95. The van der Waals surface area contributed by atoms with Gasteiger partial charge in [0.05, 0.1) is 5.92 Å². The highest BCUT2D eigenvalue weighted by Gasteiger charge is 2.63. The number of fused-ring (bicyclic) bond motifs is 5. The van der Waals surface area contributed by atoms with Gasteiger partial charge < -0.3 is 10.0 Å². The van der Waals surface area contributed by atoms with E-state index in [9.17, 15) is 14.7 Å². The van der Waals surface area contributed by atoms with E-state index in [0.29, 0.717) is 23.7 Å². The summed E-state index contributed by atoms with van der Waals surface area (Å²) in [6, 6.07) is 0.280. The van der Waals surface area contributed by atoms with Gasteiger partial charge in [-0.15, -0.1) is 0 Å². The van der Waals surface area contributed by atoms with Gasteiger partial charge in [0.2, 0.25) is 5.91 Å². The van der Waals surface area contributed by atoms with E-state index < -0.39 is 5.97 Å². The molecule has 0 aromatic rings. The van der Waals surface area contributed by atoms with Crippen molar-refractivity contribution < 1.29 is 14.7 Å². The molecule has 3 aliphatic carbocycles. The van der Waals surface area contributed by atoms with Crippen LogP contribution in [0.15, 0.2) is 12.2 Å². The second-order valence-corrected chi connectivity index (χ2v) is 9.68. The van der Waals surface area contributed by atoms with Crippen LogP contribution in [0.4, 0.5) is 0 Å². The minimum atomic E-state index is -0.598. The second-order valence-electron chi connectivity index (χ2n) is 9.68. The van der Waals surface area contributed by atoms with Crippen molar-refractivity contribution in [2.75, 3.05) is 7.05 Å². The van der Waals surface area contributed by atoms with Crippen molar-refractivity contribution in [1.82, 2.24) is 4.90 Å². The molecule has 4 rings (SSSR count). The fourth-order valence-electron chi connectivity index (χ4n) is 7.46. The number of amides is 1. The molecule has 3 fully saturated rings. The predicted molar refractivity (Wildman–Crippen MR) is 95.8 cm³/mol. The Labute approximate surface area is 150 Å². The molecule has 1 aliphatic heterocycles. The normalized spacial score (nSPS) is 51.7. The number of rotatable bonds is 1. The standard InChI is InChI=1S/C21H31NO3/c1-12-11-16-21(3,10-8-17(23)22(16)4)14-7-9-20(2)13(18(12)14)5-6-15(20)19(24)25/h8,10,12-16,18H,5-7,9,11H2,1-4H3,(H,24,25)/t12-,13-,14-,15+,16+,18-,20-,21+/m0/s1. The summed E-state index contributed by atoms with van der Waals surface area (Å²) in [6.45, 7) is 6.92. The third-order valence-corrected chi connectivity index (χ3v) is 8.80. The Hall–Kier alpha value is -1.32. The lowest BCUT2D eigenvalue weighted by Crippen LogP contribution is -2.61. The summed E-state index contributed by atoms with van der Waals surface area (Å²) in [4.78, 5) is 26.0. The van der Waals surface area contributed by atoms with Gasteiger partial charge in [-0.3, -0.25) is 9.59 Å². The molecule has 0 aromatic carbocycles. The SMILES string of the molecule is C[C@H]1C[C@H]2N(C)C(=O)C=C[C@]2(C)[C@H]2CC[C@]3(C)[C@@H](C(=O)O)CC[C@H]3[C@H]12. The molecule has 4 aliphatic rings. The highest BCUT2D eigenvalue weighted by atomic mass is 16.4. The number of likely N-dealkylation sites (N-methyl/N-ethyl adjacent to an activating group) is 1. The second kappa shape index (κ2) is 5.34. The zero-order valence-corrected chi connectivity index (χ0v) is 15.9. The average molecular weight is 345 g/mol. The topological polar surface area (TPSA) is 57.6 Å². The fourth-order valence-corrected chi connectivity index (χ4v) is 7.46. The molecule has 1 N–H and O–H groups in total. The fraction of sp³-hybridized carbons (Fsp3) is 0.810. The van der Waals surface area contributed by atoms with Gasteiger partial charge in [0.1, 0.15) is 0 Å². The molecule has 25 heavy (non-hydrogen) atoms. The molecule has 0 spiro atoms. The molecule has 0 bridgehead atoms. The number of carbonyl (C=O) groups is 2. The van der Waals surface area contributed by atoms with E-state index in [-0.39, 0.29) is 28.7 Å². The van der Waals surface area contributed by atoms with Crippen LogP contribution in [0.5, 0.6) is 0 Å². The first-order valence-electron chi connectivity index (χ1n) is 9.89. The molecule has 3 saturated carbocycles. The van der Waals surface area contributed by atoms with E-state index in [2.05, 4.69) is 26.8 Å². The zero-order valence-electron chi connectivity index (χ0n) is 15.9. The Bertz CT molecular complexity index is 643. The van der Waals surface area contributed by atoms with Crippen LogP contribution in [0, 0.1) is 40.4 Å². The van der Waals surface area contributed by atoms with E-state index in [4.69, 9.17) is 0 Å². The Balaban J connectivity index is 1.72. The molecule has 0 unspecified atom stereocenters. The van der Waals surface area contributed by atoms with Crippen LogP contribution in [-0.4, -0.2) is 35.0 Å². The lowest BCUT2D eigenvalue weighted by Gasteiger charge is -2.62. The number of carbonyl (C=O) groups excluding carboxylic acids is 1. The molecular weight excluding hydrogens is 314 g/mol. The molecular formula is C21H31NO3. The summed E-state index contributed by atoms with van der Waals surface area (Å²) in [5, 5.41) is 9.73. The van der Waals surface area contributed by atoms with E-state index in [1.807, 2.05) is 11.9 Å². The van der Waals surface area contributed by atoms with Crippen LogP contribution in [0.1, 0.15) is 52.9 Å². The van der Waals surface area contributed by atoms with Gasteiger partial charge >= 0.3 is 5.97 Å². The summed E-state index contributed by atoms with van der Waals surface area (Å²) >= 11 is 0. The van der Waals surface area contributed by atoms with Crippen LogP contribution in [0.3, 0.4) is 0 Å². The Kier molecular flexibility index (Phi) is 3.66. The molecule has 0 radical (unpaired) electrons. The monoisotopic (exact) mass is 345 g/mol. The largest absolute Gasteiger partial charge is 0.481 e. The van der Waals surface area contributed by atoms with Gasteiger partial charge in [0.25, 0.3) is 0 Å². The summed E-state index contributed by atoms with van der Waals surface area (Å²) < 4.78 is 0. The van der Waals surface area contributed by atoms with Crippen molar-refractivity contribution in [3.8, 4) is 0 Å². The van der Waals surface area contributed by atoms with Crippen LogP contribution in [-0.2, 0) is 9.59 Å². The zero-order chi connectivity index (χ0) is 18.1. The van der Waals surface area contributed by atoms with E-state index in [1.165, 1.54) is 0 Å². The molecule has 0 saturated heterocycles. The summed E-state index contributed by atoms with van der Waals surface area (Å²) in [5.74, 6) is 1.54. The Morgan fingerprint density at radius 1 is 1.24 bits per heavy atom. The molecule has 138 valence electrons. The Morgan fingerprint density at radius 3 is 2.64 bits per heavy atom. The molecule has 1 heterocycles. The Morgan fingerprint density at radius 2 is 1.96 bits per heavy atom. The molecule has 4 nitrogen and oxygen atoms in total. The number of carboxylic acid groups (broad SMARTS) is 1. The maximum Gasteiger partial charge on any atom is 0.307 e. The molecule has 0 aromatic heterocycles. The lowest BCUT2D eigenvalue weighted by molar-refractivity contribution is -0.156. The van der Waals surface area contributed by atoms with Crippen molar-refractivity contribution >= 4 is 11.9 Å². The minimum Gasteiger partial charge on any atom is -0.481 e. The van der Waals surface area contributed by atoms with Crippen LogP contribution in [0.2, 0.25) is 0 Å². The minimum absolute atomic E-state index is 0.0302. The quantitative estimate of drug-likeness (QED) is 0.790. The van der Waals surface area contributed by atoms with Crippen molar-refractivity contribution in [2.24, 2.45) is 40.4 Å². The van der Waals surface area contributed by atoms with Crippen molar-refractivity contribution in [3.63, 3.8) is 0 Å². The van der Waals surface area contributed by atoms with Crippen LogP contribution >= 0.6 is 0 Å². The summed E-state index contributed by atoms with van der Waals surface area (Å²) in [6.07, 6.45) is 8.98. The van der Waals surface area contributed by atoms with Crippen molar-refractivity contribution in [1.29, 1.82) is 0 Å². The first kappa shape index (κ1) is 17.1. The van der Waals surface area contributed by atoms with Gasteiger partial charge in [0, 0.05) is 18.5 Å². The first-order chi connectivity index (χ1) is 11.7. The van der Waals surface area contributed by atoms with Crippen LogP contribution < -0.4 is 0 Å². The maximum atomic E-state index is 12.2. The number of hydrogen-bond acceptors (Lipinski definition) is 2. The average Bonchev–Trinajstić information content (AvgIpc) is 2.91. The van der Waals surface area contributed by atoms with E-state index in [1.54, 1.807) is 6.08 Å². The van der Waals surface area contributed by atoms with Gasteiger partial charge in [-0.2, -0.15) is 0 Å². The molecule has 4 heteroatoms. The van der Waals surface area contributed by atoms with Crippen LogP contribution in [0.25, 0.3) is 0 Å². The highest BCUT2D eigenvalue weighted by molar-refractivity contribution is 5.89. The van der Waals surface area contributed by atoms with E-state index >= 15 is 0 Å². The third kappa shape index (κ3) is 2.12. The van der Waals surface area contributed by atoms with Gasteiger partial charge in [-0.1, -0.05) is 26.8 Å². The van der Waals surface area contributed by atoms with Gasteiger partial charge in [-0.05, 0) is 67.3 Å². The number of hydrogen-bond donors (Lipinski definition) is 1. The van der Waals surface area contributed by atoms with Crippen molar-refractivity contribution in [3.05, 3.63) is 12.2 Å². The first-order valence-corrected chi connectivity index (χ1v) is 9.89. The number of carboxylic acids is 1. The lowest BCUT2D eigenvalue weighted by atomic mass is 9.45. The number of aliphatic carboxylic acids is 1. The molecule has 8 atom stereocenters. The maximum absolute atomic E-state index is 12.2. The predicted octanol–water partition coefficient (Wildman–Crippen LogP) is 3.57. The van der Waals surface area contributed by atoms with Gasteiger partial charge in [-0.25, -0.2) is 0 Å². The summed E-state index contributed by atoms with van der Waals surface area (Å²) in [5.41, 5.74) is -0.0208. The highest BCUT2D eigenvalue weighted by Crippen LogP contribution is 2.66. The third-order valence-electron chi connectivity index (χ3n) is 8.80. The molecule has 1 amide bonds. The van der Waals surface area contributed by atoms with E-state index in [0.717, 1.165) is 32.1 Å². The smallest absolute Gasteiger partial charge is 0.307 e. The number of nitrogens with zero attached hydrogens (tertiary/aromatic N) is 1. The van der Waals surface area contributed by atoms with Gasteiger partial charge in [0.15, 0.2) is 0 Å². The van der Waals surface area contributed by atoms with Crippen molar-refractivity contribution in [2.45, 2.75) is 58.9 Å².